The summed E-state index contributed by atoms with van der Waals surface area (Å²) in [4.78, 5) is 59.1. The molecule has 0 aliphatic carbocycles. The van der Waals surface area contributed by atoms with E-state index in [4.69, 9.17) is 32.3 Å². The Morgan fingerprint density at radius 3 is 0.642 bits per heavy atom. The minimum Gasteiger partial charge on any atom is -0.463 e. The number of esters is 3. The Balaban J connectivity index is 4.62. The first kappa shape index (κ1) is 117. The first-order valence-corrected chi connectivity index (χ1v) is 51.4. The fraction of sp³-hybridized carbons (Fsp3) is 0.648. The van der Waals surface area contributed by atoms with Crippen molar-refractivity contribution in [2.45, 2.75) is 399 Å². The van der Waals surface area contributed by atoms with Gasteiger partial charge in [0.1, 0.15) is 25.4 Å². The minimum atomic E-state index is -4.95. The quantitative estimate of drug-likeness (QED) is 0.0146. The zero-order valence-corrected chi connectivity index (χ0v) is 79.1. The van der Waals surface area contributed by atoms with Crippen LogP contribution in [0.2, 0.25) is 0 Å². The van der Waals surface area contributed by atoms with Gasteiger partial charge in [-0.25, -0.2) is 9.13 Å². The lowest BCUT2D eigenvalue weighted by atomic mass is 10.0. The molecule has 0 spiro atoms. The van der Waals surface area contributed by atoms with Crippen LogP contribution in [0.25, 0.3) is 0 Å². The Bertz CT molecular complexity index is 3070. The van der Waals surface area contributed by atoms with Crippen LogP contribution in [0.3, 0.4) is 0 Å². The van der Waals surface area contributed by atoms with E-state index in [9.17, 15) is 43.5 Å². The summed E-state index contributed by atoms with van der Waals surface area (Å²) in [7, 11) is -9.83. The van der Waals surface area contributed by atoms with Crippen molar-refractivity contribution in [3.05, 3.63) is 207 Å². The average Bonchev–Trinajstić information content (AvgIpc) is 0.898. The molecular formula is C105H174O16P2. The number of allylic oxidation sites excluding steroid dienone is 34. The minimum absolute atomic E-state index is 0.0850. The van der Waals surface area contributed by atoms with E-state index in [1.807, 2.05) is 0 Å². The lowest BCUT2D eigenvalue weighted by Gasteiger charge is -2.21. The number of ether oxygens (including phenoxy) is 3. The number of rotatable bonds is 90. The van der Waals surface area contributed by atoms with Crippen molar-refractivity contribution in [3.63, 3.8) is 0 Å². The second-order valence-electron chi connectivity index (χ2n) is 31.7. The first-order valence-electron chi connectivity index (χ1n) is 48.4. The molecule has 18 heteroatoms. The van der Waals surface area contributed by atoms with Crippen LogP contribution in [-0.2, 0) is 55.8 Å². The maximum absolute atomic E-state index is 13.1. The molecule has 0 saturated carbocycles. The summed E-state index contributed by atoms with van der Waals surface area (Å²) in [5.74, 6) is -1.59. The van der Waals surface area contributed by atoms with Crippen LogP contribution >= 0.6 is 15.6 Å². The number of hydrogen-bond acceptors (Lipinski definition) is 14. The molecule has 5 unspecified atom stereocenters. The smallest absolute Gasteiger partial charge is 0.463 e. The monoisotopic (exact) mass is 1750 g/mol. The van der Waals surface area contributed by atoms with Gasteiger partial charge in [0.15, 0.2) is 6.10 Å². The fourth-order valence-electron chi connectivity index (χ4n) is 12.8. The van der Waals surface area contributed by atoms with Gasteiger partial charge in [-0.15, -0.1) is 0 Å². The molecule has 0 rings (SSSR count). The molecule has 0 aliphatic heterocycles. The van der Waals surface area contributed by atoms with Crippen LogP contribution in [-0.4, -0.2) is 95.9 Å². The van der Waals surface area contributed by atoms with E-state index in [0.29, 0.717) is 19.3 Å². The molecule has 0 fully saturated rings. The summed E-state index contributed by atoms with van der Waals surface area (Å²) in [6.45, 7) is 2.36. The Hall–Kier alpha value is -5.87. The Morgan fingerprint density at radius 2 is 0.407 bits per heavy atom. The summed E-state index contributed by atoms with van der Waals surface area (Å²) in [6.07, 6.45) is 129. The van der Waals surface area contributed by atoms with Gasteiger partial charge in [-0.3, -0.25) is 32.5 Å². The fourth-order valence-corrected chi connectivity index (χ4v) is 14.4. The van der Waals surface area contributed by atoms with Crippen molar-refractivity contribution in [2.75, 3.05) is 39.6 Å². The van der Waals surface area contributed by atoms with Gasteiger partial charge in [0, 0.05) is 19.3 Å². The molecule has 0 amide bonds. The third-order valence-electron chi connectivity index (χ3n) is 20.0. The van der Waals surface area contributed by atoms with Crippen LogP contribution in [0.15, 0.2) is 207 Å². The molecule has 700 valence electrons. The van der Waals surface area contributed by atoms with Crippen LogP contribution in [0.5, 0.6) is 0 Å². The van der Waals surface area contributed by atoms with Crippen LogP contribution in [0.4, 0.5) is 0 Å². The number of phosphoric acid groups is 2. The van der Waals surface area contributed by atoms with Crippen molar-refractivity contribution in [2.24, 2.45) is 0 Å². The second kappa shape index (κ2) is 95.2. The molecule has 0 aromatic rings. The molecular weight excluding hydrogens is 1580 g/mol. The van der Waals surface area contributed by atoms with E-state index < -0.39 is 91.5 Å². The summed E-state index contributed by atoms with van der Waals surface area (Å²) in [6, 6.07) is 0. The second-order valence-corrected chi connectivity index (χ2v) is 34.6. The van der Waals surface area contributed by atoms with Gasteiger partial charge >= 0.3 is 33.6 Å². The van der Waals surface area contributed by atoms with Crippen LogP contribution in [0, 0.1) is 0 Å². The molecule has 0 bridgehead atoms. The molecule has 16 nitrogen and oxygen atoms in total. The number of aliphatic hydroxyl groups is 2. The highest BCUT2D eigenvalue weighted by Crippen LogP contribution is 2.45. The van der Waals surface area contributed by atoms with Gasteiger partial charge in [-0.05, 0) is 167 Å². The molecule has 4 N–H and O–H groups in total. The van der Waals surface area contributed by atoms with Gasteiger partial charge in [0.25, 0.3) is 0 Å². The van der Waals surface area contributed by atoms with Gasteiger partial charge in [-0.2, -0.15) is 0 Å². The third-order valence-corrected chi connectivity index (χ3v) is 21.9. The lowest BCUT2D eigenvalue weighted by Crippen LogP contribution is -2.30. The Morgan fingerprint density at radius 1 is 0.228 bits per heavy atom. The van der Waals surface area contributed by atoms with Crippen LogP contribution in [0.1, 0.15) is 380 Å². The average molecular weight is 1750 g/mol. The topological polar surface area (TPSA) is 231 Å². The number of carbonyl (C=O) groups excluding carboxylic acids is 3. The standard InChI is InChI=1S/C105H174O16P2/c1-4-7-10-13-16-19-22-25-28-31-34-37-40-42-44-46-48-49-51-53-54-56-59-61-64-67-70-73-76-79-82-85-88-91-103(108)115-94-100(106)95-117-122(111,112)118-96-101(107)97-119-123(113,114)120-99-102(121-105(110)93-90-87-84-81-78-75-72-69-66-63-58-39-36-33-30-27-24-21-18-15-12-9-6-3)98-116-104(109)92-89-86-83-80-77-74-71-68-65-62-60-57-55-52-50-47-45-43-41-38-35-32-29-26-23-20-17-14-11-8-5-2/h7-12,16-21,25-30,34-39,42-45,48-50,52,63,66,100-102,106-107H,4-6,13-15,22-24,31-33,40-41,46-47,51,53-62,64-65,67-99H2,1-3H3,(H,111,112)(H,113,114)/b10-7-,11-8-,12-9-,19-16-,20-17-,21-18-,28-25-,29-26-,30-27-,37-34-,38-35-,39-36-,44-42-,45-43-,49-48-,52-50-,66-63-. The number of unbranched alkanes of at least 4 members (excludes halogenated alkanes) is 33. The zero-order chi connectivity index (χ0) is 89.3. The van der Waals surface area contributed by atoms with Crippen molar-refractivity contribution < 1.29 is 75.8 Å². The van der Waals surface area contributed by atoms with E-state index in [0.717, 1.165) is 212 Å². The number of aliphatic hydroxyl groups excluding tert-OH is 2. The molecule has 0 aliphatic rings. The number of carbonyl (C=O) groups is 3. The molecule has 0 aromatic heterocycles. The van der Waals surface area contributed by atoms with Crippen molar-refractivity contribution in [1.82, 2.24) is 0 Å². The van der Waals surface area contributed by atoms with E-state index >= 15 is 0 Å². The SMILES string of the molecule is CC/C=C\C/C=C\C/C=C\C/C=C\C/C=C\C/C=C\CCCCCCCCCCCCCCCCC(=O)OCC(O)COP(=O)(O)OCC(O)COP(=O)(O)OCC(COC(=O)CCCCCCCCCCCCCC/C=C\C/C=C\C/C=C\C/C=C\C/C=C\C/C=C\CC)OC(=O)CCCCCCCCC/C=C\C/C=C\C/C=C\C/C=C\C/C=C\CC. The molecule has 0 saturated heterocycles. The van der Waals surface area contributed by atoms with Gasteiger partial charge in [0.05, 0.1) is 26.4 Å². The van der Waals surface area contributed by atoms with E-state index in [1.54, 1.807) is 0 Å². The lowest BCUT2D eigenvalue weighted by molar-refractivity contribution is -0.161. The Labute approximate surface area is 750 Å². The van der Waals surface area contributed by atoms with Gasteiger partial charge < -0.3 is 34.2 Å². The predicted molar refractivity (Wildman–Crippen MR) is 518 cm³/mol. The first-order chi connectivity index (χ1) is 60.2. The van der Waals surface area contributed by atoms with Crippen molar-refractivity contribution in [1.29, 1.82) is 0 Å². The highest BCUT2D eigenvalue weighted by Gasteiger charge is 2.30. The molecule has 123 heavy (non-hydrogen) atoms. The maximum Gasteiger partial charge on any atom is 0.472 e. The summed E-state index contributed by atoms with van der Waals surface area (Å²) in [5, 5.41) is 20.8. The predicted octanol–water partition coefficient (Wildman–Crippen LogP) is 30.3. The largest absolute Gasteiger partial charge is 0.472 e. The highest BCUT2D eigenvalue weighted by atomic mass is 31.2. The third kappa shape index (κ3) is 96.6. The molecule has 5 atom stereocenters. The van der Waals surface area contributed by atoms with Gasteiger partial charge in [-0.1, -0.05) is 401 Å². The number of phosphoric ester groups is 2. The summed E-state index contributed by atoms with van der Waals surface area (Å²) in [5.41, 5.74) is 0. The van der Waals surface area contributed by atoms with E-state index in [2.05, 4.69) is 227 Å². The normalized spacial score (nSPS) is 14.6. The number of hydrogen-bond donors (Lipinski definition) is 4. The highest BCUT2D eigenvalue weighted by molar-refractivity contribution is 7.47. The summed E-state index contributed by atoms with van der Waals surface area (Å²) >= 11 is 0. The molecule has 0 heterocycles. The van der Waals surface area contributed by atoms with Gasteiger partial charge in [0.2, 0.25) is 0 Å². The molecule has 0 radical (unpaired) electrons. The summed E-state index contributed by atoms with van der Waals surface area (Å²) < 4.78 is 61.6. The molecule has 0 aromatic carbocycles. The van der Waals surface area contributed by atoms with E-state index in [1.165, 1.54) is 109 Å². The van der Waals surface area contributed by atoms with Crippen LogP contribution < -0.4 is 0 Å². The Kier molecular flexibility index (Phi) is 90.7. The van der Waals surface area contributed by atoms with Crippen molar-refractivity contribution >= 4 is 33.6 Å². The zero-order valence-electron chi connectivity index (χ0n) is 77.3. The van der Waals surface area contributed by atoms with E-state index in [-0.39, 0.29) is 19.3 Å². The van der Waals surface area contributed by atoms with Crippen molar-refractivity contribution in [3.8, 4) is 0 Å². The maximum atomic E-state index is 13.1.